The van der Waals surface area contributed by atoms with Gasteiger partial charge in [0.25, 0.3) is 5.89 Å². The lowest BCUT2D eigenvalue weighted by Crippen LogP contribution is -2.09. The number of hydrogen-bond donors (Lipinski definition) is 0. The van der Waals surface area contributed by atoms with Gasteiger partial charge in [0.05, 0.1) is 11.3 Å². The number of carbonyl (C=O) groups excluding carboxylic acids is 1. The maximum atomic E-state index is 12.4. The van der Waals surface area contributed by atoms with Crippen molar-refractivity contribution in [3.63, 3.8) is 0 Å². The van der Waals surface area contributed by atoms with Crippen LogP contribution < -0.4 is 0 Å². The van der Waals surface area contributed by atoms with Crippen LogP contribution in [0.2, 0.25) is 0 Å². The number of benzene rings is 2. The predicted molar refractivity (Wildman–Crippen MR) is 97.1 cm³/mol. The van der Waals surface area contributed by atoms with Crippen molar-refractivity contribution in [3.8, 4) is 17.1 Å². The average molecular weight is 360 g/mol. The van der Waals surface area contributed by atoms with E-state index in [9.17, 15) is 4.79 Å². The van der Waals surface area contributed by atoms with Gasteiger partial charge in [-0.3, -0.25) is 0 Å². The first-order valence-electron chi connectivity index (χ1n) is 8.41. The van der Waals surface area contributed by atoms with Crippen molar-refractivity contribution in [3.05, 3.63) is 84.5 Å². The molecule has 0 spiro atoms. The molecule has 2 aromatic heterocycles. The van der Waals surface area contributed by atoms with E-state index in [1.807, 2.05) is 42.6 Å². The maximum Gasteiger partial charge on any atom is 0.338 e. The van der Waals surface area contributed by atoms with Crippen LogP contribution in [0.3, 0.4) is 0 Å². The summed E-state index contributed by atoms with van der Waals surface area (Å²) in [6, 6.07) is 18.3. The molecule has 134 valence electrons. The van der Waals surface area contributed by atoms with Gasteiger partial charge in [-0.25, -0.2) is 9.48 Å². The summed E-state index contributed by atoms with van der Waals surface area (Å²) in [5, 5.41) is 8.09. The number of aromatic nitrogens is 4. The van der Waals surface area contributed by atoms with Crippen LogP contribution in [-0.2, 0) is 4.74 Å². The molecule has 0 aliphatic heterocycles. The number of carbonyl (C=O) groups is 1. The van der Waals surface area contributed by atoms with Crippen LogP contribution >= 0.6 is 0 Å². The van der Waals surface area contributed by atoms with Gasteiger partial charge >= 0.3 is 5.97 Å². The lowest BCUT2D eigenvalue weighted by atomic mass is 10.2. The van der Waals surface area contributed by atoms with Crippen molar-refractivity contribution in [2.24, 2.45) is 0 Å². The Morgan fingerprint density at radius 2 is 1.85 bits per heavy atom. The Morgan fingerprint density at radius 1 is 1.07 bits per heavy atom. The largest absolute Gasteiger partial charge is 0.449 e. The normalized spacial score (nSPS) is 11.9. The molecule has 4 aromatic rings. The Labute approximate surface area is 155 Å². The summed E-state index contributed by atoms with van der Waals surface area (Å²) in [7, 11) is 0. The monoisotopic (exact) mass is 360 g/mol. The minimum absolute atomic E-state index is 0.246. The van der Waals surface area contributed by atoms with Crippen LogP contribution in [0.4, 0.5) is 0 Å². The van der Waals surface area contributed by atoms with Crippen molar-refractivity contribution < 1.29 is 14.1 Å². The molecule has 0 bridgehead atoms. The minimum atomic E-state index is -0.659. The van der Waals surface area contributed by atoms with Gasteiger partial charge in [0.1, 0.15) is 0 Å². The molecule has 0 unspecified atom stereocenters. The highest BCUT2D eigenvalue weighted by atomic mass is 16.6. The predicted octanol–water partition coefficient (Wildman–Crippen LogP) is 3.84. The third kappa shape index (κ3) is 3.62. The summed E-state index contributed by atoms with van der Waals surface area (Å²) in [6.07, 6.45) is 2.86. The van der Waals surface area contributed by atoms with Crippen LogP contribution in [0, 0.1) is 0 Å². The molecule has 27 heavy (non-hydrogen) atoms. The molecule has 0 amide bonds. The van der Waals surface area contributed by atoms with Crippen molar-refractivity contribution in [1.82, 2.24) is 19.9 Å². The second kappa shape index (κ2) is 7.25. The fraction of sp³-hybridized carbons (Fsp3) is 0.100. The molecule has 7 heteroatoms. The first-order valence-corrected chi connectivity index (χ1v) is 8.41. The summed E-state index contributed by atoms with van der Waals surface area (Å²) in [4.78, 5) is 16.7. The van der Waals surface area contributed by atoms with Crippen molar-refractivity contribution >= 4 is 5.97 Å². The fourth-order valence-electron chi connectivity index (χ4n) is 2.56. The average Bonchev–Trinajstić information content (AvgIpc) is 3.41. The molecule has 2 aromatic carbocycles. The zero-order valence-electron chi connectivity index (χ0n) is 14.5. The Morgan fingerprint density at radius 3 is 2.56 bits per heavy atom. The first kappa shape index (κ1) is 16.7. The lowest BCUT2D eigenvalue weighted by Gasteiger charge is -2.09. The summed E-state index contributed by atoms with van der Waals surface area (Å²) >= 11 is 0. The van der Waals surface area contributed by atoms with E-state index in [4.69, 9.17) is 9.26 Å². The van der Waals surface area contributed by atoms with Gasteiger partial charge < -0.3 is 9.26 Å². The van der Waals surface area contributed by atoms with Gasteiger partial charge in [0.15, 0.2) is 6.10 Å². The van der Waals surface area contributed by atoms with E-state index in [2.05, 4.69) is 15.2 Å². The van der Waals surface area contributed by atoms with Gasteiger partial charge in [0.2, 0.25) is 5.82 Å². The molecular weight excluding hydrogens is 344 g/mol. The zero-order chi connectivity index (χ0) is 18.6. The number of rotatable bonds is 5. The molecule has 7 nitrogen and oxygen atoms in total. The number of hydrogen-bond acceptors (Lipinski definition) is 6. The highest BCUT2D eigenvalue weighted by Gasteiger charge is 2.20. The molecule has 0 fully saturated rings. The van der Waals surface area contributed by atoms with Crippen LogP contribution in [0.25, 0.3) is 17.1 Å². The molecule has 4 rings (SSSR count). The van der Waals surface area contributed by atoms with Gasteiger partial charge in [-0.05, 0) is 37.3 Å². The highest BCUT2D eigenvalue weighted by Crippen LogP contribution is 2.21. The second-order valence-corrected chi connectivity index (χ2v) is 5.87. The topological polar surface area (TPSA) is 83.0 Å². The summed E-state index contributed by atoms with van der Waals surface area (Å²) in [5.74, 6) is 0.237. The van der Waals surface area contributed by atoms with Crippen molar-refractivity contribution in [2.45, 2.75) is 13.0 Å². The van der Waals surface area contributed by atoms with Crippen LogP contribution in [-0.4, -0.2) is 25.9 Å². The number of esters is 1. The Balaban J connectivity index is 1.44. The quantitative estimate of drug-likeness (QED) is 0.503. The van der Waals surface area contributed by atoms with E-state index < -0.39 is 12.1 Å². The Hall–Kier alpha value is -3.74. The van der Waals surface area contributed by atoms with Gasteiger partial charge in [-0.1, -0.05) is 35.5 Å². The van der Waals surface area contributed by atoms with Crippen LogP contribution in [0.15, 0.2) is 77.6 Å². The third-order valence-corrected chi connectivity index (χ3v) is 3.98. The van der Waals surface area contributed by atoms with Gasteiger partial charge in [0, 0.05) is 18.0 Å². The van der Waals surface area contributed by atoms with Crippen molar-refractivity contribution in [2.75, 3.05) is 0 Å². The highest BCUT2D eigenvalue weighted by molar-refractivity contribution is 5.89. The molecule has 0 aliphatic carbocycles. The van der Waals surface area contributed by atoms with E-state index in [0.717, 1.165) is 11.3 Å². The summed E-state index contributed by atoms with van der Waals surface area (Å²) in [6.45, 7) is 1.69. The summed E-state index contributed by atoms with van der Waals surface area (Å²) < 4.78 is 12.4. The van der Waals surface area contributed by atoms with Crippen LogP contribution in [0.5, 0.6) is 0 Å². The number of nitrogens with zero attached hydrogens (tertiary/aromatic N) is 4. The van der Waals surface area contributed by atoms with Gasteiger partial charge in [-0.2, -0.15) is 10.1 Å². The van der Waals surface area contributed by atoms with Gasteiger partial charge in [-0.15, -0.1) is 0 Å². The Kier molecular flexibility index (Phi) is 4.49. The molecule has 0 saturated carbocycles. The van der Waals surface area contributed by atoms with E-state index >= 15 is 0 Å². The fourth-order valence-corrected chi connectivity index (χ4v) is 2.56. The van der Waals surface area contributed by atoms with E-state index in [1.165, 1.54) is 0 Å². The SMILES string of the molecule is C[C@@H](OC(=O)c1ccc(-n2cccn2)cc1)c1nc(-c2ccccc2)no1. The molecule has 0 aliphatic rings. The van der Waals surface area contributed by atoms with Crippen LogP contribution in [0.1, 0.15) is 29.3 Å². The zero-order valence-corrected chi connectivity index (χ0v) is 14.5. The molecule has 2 heterocycles. The van der Waals surface area contributed by atoms with Crippen molar-refractivity contribution in [1.29, 1.82) is 0 Å². The van der Waals surface area contributed by atoms with E-state index in [0.29, 0.717) is 11.4 Å². The second-order valence-electron chi connectivity index (χ2n) is 5.87. The number of ether oxygens (including phenoxy) is 1. The molecule has 0 saturated heterocycles. The van der Waals surface area contributed by atoms with E-state index in [-0.39, 0.29) is 5.89 Å². The maximum absolute atomic E-state index is 12.4. The minimum Gasteiger partial charge on any atom is -0.449 e. The molecule has 0 N–H and O–H groups in total. The molecular formula is C20H16N4O3. The molecule has 1 atom stereocenters. The standard InChI is InChI=1S/C20H16N4O3/c1-14(19-22-18(23-27-19)15-6-3-2-4-7-15)26-20(25)16-8-10-17(11-9-16)24-13-5-12-21-24/h2-14H,1H3/t14-/m1/s1. The molecule has 0 radical (unpaired) electrons. The smallest absolute Gasteiger partial charge is 0.338 e. The third-order valence-electron chi connectivity index (χ3n) is 3.98. The lowest BCUT2D eigenvalue weighted by molar-refractivity contribution is 0.0265. The van der Waals surface area contributed by atoms with E-state index in [1.54, 1.807) is 42.1 Å². The first-order chi connectivity index (χ1) is 13.2. The summed E-state index contributed by atoms with van der Waals surface area (Å²) in [5.41, 5.74) is 2.12. The Bertz CT molecular complexity index is 1020.